The molecule has 1 aliphatic rings. The number of urea groups is 1. The second-order valence-corrected chi connectivity index (χ2v) is 7.35. The van der Waals surface area contributed by atoms with E-state index in [-0.39, 0.29) is 18.0 Å². The summed E-state index contributed by atoms with van der Waals surface area (Å²) in [5.41, 5.74) is 1.47. The van der Waals surface area contributed by atoms with Crippen LogP contribution in [0.2, 0.25) is 0 Å². The summed E-state index contributed by atoms with van der Waals surface area (Å²) in [4.78, 5) is 26.6. The molecular formula is C24H29N3O5. The Kier molecular flexibility index (Phi) is 7.96. The summed E-state index contributed by atoms with van der Waals surface area (Å²) in [5, 5.41) is 5.90. The molecule has 0 atom stereocenters. The summed E-state index contributed by atoms with van der Waals surface area (Å²) >= 11 is 0. The lowest BCUT2D eigenvalue weighted by Crippen LogP contribution is -2.47. The molecule has 2 aromatic rings. The van der Waals surface area contributed by atoms with Gasteiger partial charge in [0.2, 0.25) is 5.91 Å². The summed E-state index contributed by atoms with van der Waals surface area (Å²) in [6.45, 7) is 1.16. The third-order valence-corrected chi connectivity index (χ3v) is 5.30. The Morgan fingerprint density at radius 3 is 2.19 bits per heavy atom. The Balaban J connectivity index is 1.52. The minimum absolute atomic E-state index is 0.0141. The van der Waals surface area contributed by atoms with Gasteiger partial charge in [-0.3, -0.25) is 4.79 Å². The van der Waals surface area contributed by atoms with Crippen molar-refractivity contribution in [2.75, 3.05) is 39.7 Å². The molecule has 0 unspecified atom stereocenters. The number of benzene rings is 2. The highest BCUT2D eigenvalue weighted by Gasteiger charge is 2.23. The first-order valence-corrected chi connectivity index (χ1v) is 10.4. The first-order valence-electron chi connectivity index (χ1n) is 10.4. The first-order chi connectivity index (χ1) is 15.5. The van der Waals surface area contributed by atoms with Crippen LogP contribution in [0.25, 0.3) is 6.08 Å². The number of piperidine rings is 1. The fourth-order valence-electron chi connectivity index (χ4n) is 3.55. The van der Waals surface area contributed by atoms with Crippen LogP contribution in [0, 0.1) is 0 Å². The Bertz CT molecular complexity index is 954. The molecule has 0 aliphatic carbocycles. The molecule has 0 saturated carbocycles. The summed E-state index contributed by atoms with van der Waals surface area (Å²) in [7, 11) is 4.66. The van der Waals surface area contributed by atoms with Crippen molar-refractivity contribution in [2.45, 2.75) is 18.9 Å². The third-order valence-electron chi connectivity index (χ3n) is 5.30. The lowest BCUT2D eigenvalue weighted by molar-refractivity contribution is -0.117. The van der Waals surface area contributed by atoms with Crippen molar-refractivity contribution in [2.24, 2.45) is 0 Å². The van der Waals surface area contributed by atoms with E-state index in [0.717, 1.165) is 5.69 Å². The second-order valence-electron chi connectivity index (χ2n) is 7.35. The van der Waals surface area contributed by atoms with Crippen molar-refractivity contribution >= 4 is 23.7 Å². The van der Waals surface area contributed by atoms with Gasteiger partial charge in [0.25, 0.3) is 0 Å². The van der Waals surface area contributed by atoms with Gasteiger partial charge in [0, 0.05) is 42.5 Å². The number of rotatable bonds is 7. The lowest BCUT2D eigenvalue weighted by Gasteiger charge is -2.32. The maximum Gasteiger partial charge on any atom is 0.321 e. The van der Waals surface area contributed by atoms with Gasteiger partial charge in [0.15, 0.2) is 11.5 Å². The standard InChI is InChI=1S/C24H29N3O5/c1-30-20-16-22(32-3)21(31-2)15-17(20)9-10-23(28)25-19-11-13-27(14-12-19)24(29)26-18-7-5-4-6-8-18/h4-10,15-16,19H,11-14H2,1-3H3,(H,25,28)(H,26,29)/b10-9+. The van der Waals surface area contributed by atoms with Crippen molar-refractivity contribution < 1.29 is 23.8 Å². The molecular weight excluding hydrogens is 410 g/mol. The van der Waals surface area contributed by atoms with E-state index < -0.39 is 0 Å². The summed E-state index contributed by atoms with van der Waals surface area (Å²) in [6.07, 6.45) is 4.54. The molecule has 8 heteroatoms. The number of amides is 3. The minimum Gasteiger partial charge on any atom is -0.496 e. The first kappa shape index (κ1) is 23.0. The molecule has 1 aliphatic heterocycles. The molecule has 0 radical (unpaired) electrons. The molecule has 3 amide bonds. The number of anilines is 1. The van der Waals surface area contributed by atoms with Gasteiger partial charge in [0.1, 0.15) is 5.75 Å². The average Bonchev–Trinajstić information content (AvgIpc) is 2.83. The fraction of sp³-hybridized carbons (Fsp3) is 0.333. The summed E-state index contributed by atoms with van der Waals surface area (Å²) < 4.78 is 16.0. The highest BCUT2D eigenvalue weighted by Crippen LogP contribution is 2.35. The maximum atomic E-state index is 12.4. The van der Waals surface area contributed by atoms with Crippen LogP contribution in [-0.2, 0) is 4.79 Å². The predicted molar refractivity (Wildman–Crippen MR) is 123 cm³/mol. The number of para-hydroxylation sites is 1. The van der Waals surface area contributed by atoms with Gasteiger partial charge in [-0.1, -0.05) is 18.2 Å². The van der Waals surface area contributed by atoms with Crippen LogP contribution < -0.4 is 24.8 Å². The van der Waals surface area contributed by atoms with Gasteiger partial charge < -0.3 is 29.7 Å². The highest BCUT2D eigenvalue weighted by molar-refractivity contribution is 5.92. The van der Waals surface area contributed by atoms with Crippen LogP contribution >= 0.6 is 0 Å². The Morgan fingerprint density at radius 2 is 1.56 bits per heavy atom. The lowest BCUT2D eigenvalue weighted by atomic mass is 10.1. The molecule has 0 bridgehead atoms. The van der Waals surface area contributed by atoms with Crippen LogP contribution in [0.3, 0.4) is 0 Å². The molecule has 8 nitrogen and oxygen atoms in total. The van der Waals surface area contributed by atoms with Crippen LogP contribution in [-0.4, -0.2) is 57.3 Å². The van der Waals surface area contributed by atoms with E-state index in [1.807, 2.05) is 30.3 Å². The van der Waals surface area contributed by atoms with Gasteiger partial charge >= 0.3 is 6.03 Å². The van der Waals surface area contributed by atoms with Gasteiger partial charge in [-0.05, 0) is 37.1 Å². The number of nitrogens with zero attached hydrogens (tertiary/aromatic N) is 1. The van der Waals surface area contributed by atoms with Gasteiger partial charge in [0.05, 0.1) is 21.3 Å². The van der Waals surface area contributed by atoms with E-state index >= 15 is 0 Å². The Labute approximate surface area is 188 Å². The molecule has 2 aromatic carbocycles. The number of carbonyl (C=O) groups is 2. The molecule has 3 rings (SSSR count). The number of hydrogen-bond donors (Lipinski definition) is 2. The molecule has 1 fully saturated rings. The third kappa shape index (κ3) is 5.94. The zero-order chi connectivity index (χ0) is 22.9. The number of methoxy groups -OCH3 is 3. The molecule has 32 heavy (non-hydrogen) atoms. The SMILES string of the molecule is COc1cc(OC)c(OC)cc1/C=C/C(=O)NC1CCN(C(=O)Nc2ccccc2)CC1. The van der Waals surface area contributed by atoms with E-state index in [1.165, 1.54) is 6.08 Å². The topological polar surface area (TPSA) is 89.1 Å². The maximum absolute atomic E-state index is 12.4. The number of nitrogens with one attached hydrogen (secondary N) is 2. The highest BCUT2D eigenvalue weighted by atomic mass is 16.5. The van der Waals surface area contributed by atoms with Crippen molar-refractivity contribution in [1.29, 1.82) is 0 Å². The number of hydrogen-bond acceptors (Lipinski definition) is 5. The number of ether oxygens (including phenoxy) is 3. The largest absolute Gasteiger partial charge is 0.496 e. The monoisotopic (exact) mass is 439 g/mol. The second kappa shape index (κ2) is 11.1. The van der Waals surface area contributed by atoms with E-state index in [9.17, 15) is 9.59 Å². The minimum atomic E-state index is -0.200. The average molecular weight is 440 g/mol. The quantitative estimate of drug-likeness (QED) is 0.644. The van der Waals surface area contributed by atoms with Gasteiger partial charge in [-0.25, -0.2) is 4.79 Å². The molecule has 2 N–H and O–H groups in total. The van der Waals surface area contributed by atoms with Crippen molar-refractivity contribution in [3.8, 4) is 17.2 Å². The van der Waals surface area contributed by atoms with Crippen molar-refractivity contribution in [1.82, 2.24) is 10.2 Å². The summed E-state index contributed by atoms with van der Waals surface area (Å²) in [6, 6.07) is 12.7. The van der Waals surface area contributed by atoms with Gasteiger partial charge in [-0.2, -0.15) is 0 Å². The smallest absolute Gasteiger partial charge is 0.321 e. The molecule has 1 heterocycles. The van der Waals surface area contributed by atoms with E-state index in [1.54, 1.807) is 44.4 Å². The van der Waals surface area contributed by atoms with E-state index in [2.05, 4.69) is 10.6 Å². The Morgan fingerprint density at radius 1 is 0.938 bits per heavy atom. The Hall–Kier alpha value is -3.68. The fourth-order valence-corrected chi connectivity index (χ4v) is 3.55. The molecule has 0 aromatic heterocycles. The zero-order valence-corrected chi connectivity index (χ0v) is 18.6. The van der Waals surface area contributed by atoms with Crippen LogP contribution in [0.4, 0.5) is 10.5 Å². The van der Waals surface area contributed by atoms with Crippen molar-refractivity contribution in [3.63, 3.8) is 0 Å². The zero-order valence-electron chi connectivity index (χ0n) is 18.6. The van der Waals surface area contributed by atoms with Crippen LogP contribution in [0.15, 0.2) is 48.5 Å². The van der Waals surface area contributed by atoms with Crippen LogP contribution in [0.5, 0.6) is 17.2 Å². The van der Waals surface area contributed by atoms with Crippen molar-refractivity contribution in [3.05, 3.63) is 54.1 Å². The van der Waals surface area contributed by atoms with Crippen LogP contribution in [0.1, 0.15) is 18.4 Å². The van der Waals surface area contributed by atoms with Gasteiger partial charge in [-0.15, -0.1) is 0 Å². The van der Waals surface area contributed by atoms with E-state index in [0.29, 0.717) is 48.7 Å². The van der Waals surface area contributed by atoms with E-state index in [4.69, 9.17) is 14.2 Å². The molecule has 1 saturated heterocycles. The molecule has 170 valence electrons. The predicted octanol–water partition coefficient (Wildman–Crippen LogP) is 3.54. The number of likely N-dealkylation sites (tertiary alicyclic amines) is 1. The summed E-state index contributed by atoms with van der Waals surface area (Å²) in [5.74, 6) is 1.47. The number of carbonyl (C=O) groups excluding carboxylic acids is 2. The normalized spacial score (nSPS) is 14.2. The molecule has 0 spiro atoms.